The van der Waals surface area contributed by atoms with Crippen molar-refractivity contribution in [3.63, 3.8) is 0 Å². The summed E-state index contributed by atoms with van der Waals surface area (Å²) in [6.07, 6.45) is 0. The van der Waals surface area contributed by atoms with E-state index in [0.717, 1.165) is 0 Å². The summed E-state index contributed by atoms with van der Waals surface area (Å²) in [5.74, 6) is -1.53. The number of rotatable bonds is 3. The first-order valence-corrected chi connectivity index (χ1v) is 5.13. The van der Waals surface area contributed by atoms with Crippen molar-refractivity contribution in [3.05, 3.63) is 0 Å². The van der Waals surface area contributed by atoms with Crippen LogP contribution in [0.5, 0.6) is 0 Å². The van der Waals surface area contributed by atoms with E-state index in [0.29, 0.717) is 0 Å². The van der Waals surface area contributed by atoms with E-state index in [4.69, 9.17) is 5.11 Å². The van der Waals surface area contributed by atoms with E-state index >= 15 is 0 Å². The van der Waals surface area contributed by atoms with Crippen molar-refractivity contribution >= 4 is 22.9 Å². The lowest BCUT2D eigenvalue weighted by Gasteiger charge is -1.80. The Hall–Kier alpha value is -0.0700. The molecule has 10 heavy (non-hydrogen) atoms. The number of hydrogen-bond acceptors (Lipinski definition) is 3. The molecule has 1 fully saturated rings. The Labute approximate surface area is 60.0 Å². The first-order chi connectivity index (χ1) is 4.72. The number of aliphatic carboxylic acids is 1. The van der Waals surface area contributed by atoms with Crippen LogP contribution in [0.15, 0.2) is 0 Å². The van der Waals surface area contributed by atoms with E-state index in [1.54, 1.807) is 0 Å². The predicted molar refractivity (Wildman–Crippen MR) is 39.5 cm³/mol. The van der Waals surface area contributed by atoms with Gasteiger partial charge in [-0.1, -0.05) is 0 Å². The van der Waals surface area contributed by atoms with Gasteiger partial charge in [-0.2, -0.15) is 0 Å². The number of carboxylic acid groups (broad SMARTS) is 1. The van der Waals surface area contributed by atoms with Gasteiger partial charge in [-0.05, 0) is 0 Å². The molecular formula is C4H8O4P2. The maximum Gasteiger partial charge on any atom is 0.308 e. The Kier molecular flexibility index (Phi) is 2.32. The molecule has 0 heterocycles. The largest absolute Gasteiger partial charge is 0.481 e. The average molecular weight is 182 g/mol. The first-order valence-electron chi connectivity index (χ1n) is 2.85. The first kappa shape index (κ1) is 8.03. The zero-order valence-corrected chi connectivity index (χ0v) is 7.37. The van der Waals surface area contributed by atoms with E-state index in [-0.39, 0.29) is 11.3 Å². The molecule has 0 spiro atoms. The molecule has 0 bridgehead atoms. The summed E-state index contributed by atoms with van der Waals surface area (Å²) < 4.78 is 20.5. The summed E-state index contributed by atoms with van der Waals surface area (Å²) >= 11 is 0. The van der Waals surface area contributed by atoms with E-state index in [9.17, 15) is 13.9 Å². The molecule has 4 nitrogen and oxygen atoms in total. The minimum Gasteiger partial charge on any atom is -0.481 e. The number of hydrogen-bond donors (Lipinski definition) is 1. The fourth-order valence-electron chi connectivity index (χ4n) is 1.04. The van der Waals surface area contributed by atoms with Gasteiger partial charge >= 0.3 is 5.97 Å². The Morgan fingerprint density at radius 1 is 1.20 bits per heavy atom. The molecule has 1 N–H and O–H groups in total. The van der Waals surface area contributed by atoms with Gasteiger partial charge in [0.25, 0.3) is 0 Å². The van der Waals surface area contributed by atoms with E-state index in [1.807, 2.05) is 0 Å². The highest BCUT2D eigenvalue weighted by molar-refractivity contribution is 7.32. The number of carboxylic acids is 1. The van der Waals surface area contributed by atoms with E-state index < -0.39 is 28.8 Å². The smallest absolute Gasteiger partial charge is 0.308 e. The van der Waals surface area contributed by atoms with Gasteiger partial charge in [-0.3, -0.25) is 4.79 Å². The maximum absolute atomic E-state index is 10.3. The highest BCUT2D eigenvalue weighted by Gasteiger charge is 2.54. The van der Waals surface area contributed by atoms with Crippen LogP contribution in [-0.4, -0.2) is 22.4 Å². The van der Waals surface area contributed by atoms with Gasteiger partial charge < -0.3 is 14.2 Å². The summed E-state index contributed by atoms with van der Waals surface area (Å²) in [4.78, 5) is 10.2. The van der Waals surface area contributed by atoms with Gasteiger partial charge in [0.2, 0.25) is 0 Å². The van der Waals surface area contributed by atoms with Crippen molar-refractivity contribution in [3.8, 4) is 0 Å². The molecule has 1 aliphatic rings. The normalized spacial score (nSPS) is 39.8. The third kappa shape index (κ3) is 1.18. The standard InChI is InChI=1S/C4H8O4P2/c5-4(6)1-2(9-7)3(1)10-8/h1-3H,9-10H2,(H,5,6). The lowest BCUT2D eigenvalue weighted by molar-refractivity contribution is -0.138. The molecule has 0 saturated heterocycles. The lowest BCUT2D eigenvalue weighted by atomic mass is 10.4. The molecular weight excluding hydrogens is 174 g/mol. The van der Waals surface area contributed by atoms with Crippen LogP contribution in [0.3, 0.4) is 0 Å². The fraction of sp³-hybridized carbons (Fsp3) is 0.750. The molecule has 0 aromatic rings. The quantitative estimate of drug-likeness (QED) is 0.621. The summed E-state index contributed by atoms with van der Waals surface area (Å²) in [7, 11) is -2.12. The topological polar surface area (TPSA) is 71.4 Å². The van der Waals surface area contributed by atoms with Crippen LogP contribution in [-0.2, 0) is 13.9 Å². The van der Waals surface area contributed by atoms with Crippen LogP contribution in [0.1, 0.15) is 0 Å². The van der Waals surface area contributed by atoms with Crippen molar-refractivity contribution in [2.24, 2.45) is 5.92 Å². The summed E-state index contributed by atoms with van der Waals surface area (Å²) in [5.41, 5.74) is -0.546. The molecule has 0 aliphatic heterocycles. The second-order valence-electron chi connectivity index (χ2n) is 2.29. The molecule has 0 aromatic heterocycles. The predicted octanol–water partition coefficient (Wildman–Crippen LogP) is -0.0494. The van der Waals surface area contributed by atoms with Crippen LogP contribution in [0, 0.1) is 5.92 Å². The zero-order valence-electron chi connectivity index (χ0n) is 5.06. The maximum atomic E-state index is 10.3. The van der Waals surface area contributed by atoms with E-state index in [1.165, 1.54) is 0 Å². The SMILES string of the molecule is O=[PH2]C1C([PH2]=O)C1C(=O)O. The molecule has 0 aromatic carbocycles. The Bertz CT molecular complexity index is 178. The second kappa shape index (κ2) is 2.89. The molecule has 58 valence electrons. The Balaban J connectivity index is 2.59. The molecule has 4 unspecified atom stereocenters. The van der Waals surface area contributed by atoms with Crippen LogP contribution in [0.25, 0.3) is 0 Å². The van der Waals surface area contributed by atoms with Crippen molar-refractivity contribution < 1.29 is 19.0 Å². The van der Waals surface area contributed by atoms with Gasteiger partial charge in [0, 0.05) is 11.3 Å². The molecule has 0 radical (unpaired) electrons. The van der Waals surface area contributed by atoms with Crippen LogP contribution in [0.2, 0.25) is 0 Å². The third-order valence-electron chi connectivity index (χ3n) is 1.73. The monoisotopic (exact) mass is 182 g/mol. The van der Waals surface area contributed by atoms with Gasteiger partial charge in [0.15, 0.2) is 0 Å². The van der Waals surface area contributed by atoms with Crippen LogP contribution >= 0.6 is 16.9 Å². The summed E-state index contributed by atoms with van der Waals surface area (Å²) in [5, 5.41) is 8.41. The fourth-order valence-corrected chi connectivity index (χ4v) is 3.61. The van der Waals surface area contributed by atoms with Crippen molar-refractivity contribution in [1.82, 2.24) is 0 Å². The van der Waals surface area contributed by atoms with Gasteiger partial charge in [0.1, 0.15) is 0 Å². The minimum atomic E-state index is -1.06. The summed E-state index contributed by atoms with van der Waals surface area (Å²) in [6.45, 7) is 0. The molecule has 1 saturated carbocycles. The minimum absolute atomic E-state index is 0.273. The van der Waals surface area contributed by atoms with Gasteiger partial charge in [-0.15, -0.1) is 0 Å². The third-order valence-corrected chi connectivity index (χ3v) is 4.52. The lowest BCUT2D eigenvalue weighted by Crippen LogP contribution is -1.99. The van der Waals surface area contributed by atoms with E-state index in [2.05, 4.69) is 0 Å². The molecule has 1 rings (SSSR count). The second-order valence-corrected chi connectivity index (χ2v) is 4.37. The molecule has 4 atom stereocenters. The average Bonchev–Trinajstić information content (AvgIpc) is 2.60. The molecule has 1 aliphatic carbocycles. The zero-order chi connectivity index (χ0) is 7.72. The van der Waals surface area contributed by atoms with Gasteiger partial charge in [-0.25, -0.2) is 0 Å². The van der Waals surface area contributed by atoms with Crippen molar-refractivity contribution in [2.75, 3.05) is 0 Å². The molecule has 0 amide bonds. The van der Waals surface area contributed by atoms with Gasteiger partial charge in [0.05, 0.1) is 22.8 Å². The molecule has 6 heteroatoms. The summed E-state index contributed by atoms with van der Waals surface area (Å²) in [6, 6.07) is 0. The Morgan fingerprint density at radius 2 is 1.60 bits per heavy atom. The van der Waals surface area contributed by atoms with Crippen LogP contribution < -0.4 is 0 Å². The van der Waals surface area contributed by atoms with Crippen LogP contribution in [0.4, 0.5) is 0 Å². The van der Waals surface area contributed by atoms with Crippen molar-refractivity contribution in [2.45, 2.75) is 11.3 Å². The highest BCUT2D eigenvalue weighted by Crippen LogP contribution is 2.48. The number of carbonyl (C=O) groups is 1. The Morgan fingerprint density at radius 3 is 1.70 bits per heavy atom. The van der Waals surface area contributed by atoms with Crippen molar-refractivity contribution in [1.29, 1.82) is 0 Å². The highest BCUT2D eigenvalue weighted by atomic mass is 31.1.